The van der Waals surface area contributed by atoms with Crippen LogP contribution in [-0.4, -0.2) is 46.5 Å². The number of hydrogen-bond donors (Lipinski definition) is 2. The third-order valence-electron chi connectivity index (χ3n) is 3.68. The quantitative estimate of drug-likeness (QED) is 0.828. The van der Waals surface area contributed by atoms with Crippen molar-refractivity contribution in [1.82, 2.24) is 14.9 Å². The molecule has 0 amide bonds. The maximum atomic E-state index is 12.3. The van der Waals surface area contributed by atoms with Gasteiger partial charge >= 0.3 is 0 Å². The molecule has 0 aliphatic carbocycles. The molecule has 114 valence electrons. The molecule has 1 aromatic heterocycles. The Bertz CT molecular complexity index is 527. The van der Waals surface area contributed by atoms with E-state index in [1.807, 2.05) is 13.1 Å². The van der Waals surface area contributed by atoms with E-state index in [0.717, 1.165) is 17.8 Å². The van der Waals surface area contributed by atoms with Gasteiger partial charge in [0, 0.05) is 24.0 Å². The SMILES string of the molecule is CNCc1ccc(S(=O)(=O)NCC2CCCCN2C)s1. The van der Waals surface area contributed by atoms with Gasteiger partial charge in [-0.25, -0.2) is 13.1 Å². The van der Waals surface area contributed by atoms with Crippen molar-refractivity contribution in [2.45, 2.75) is 36.1 Å². The zero-order valence-corrected chi connectivity index (χ0v) is 13.7. The van der Waals surface area contributed by atoms with E-state index in [1.54, 1.807) is 6.07 Å². The molecule has 7 heteroatoms. The van der Waals surface area contributed by atoms with E-state index in [2.05, 4.69) is 22.0 Å². The summed E-state index contributed by atoms with van der Waals surface area (Å²) in [4.78, 5) is 3.27. The van der Waals surface area contributed by atoms with Crippen LogP contribution in [0, 0.1) is 0 Å². The van der Waals surface area contributed by atoms with E-state index in [1.165, 1.54) is 24.2 Å². The normalized spacial score (nSPS) is 21.2. The van der Waals surface area contributed by atoms with Gasteiger partial charge in [-0.3, -0.25) is 0 Å². The van der Waals surface area contributed by atoms with Crippen LogP contribution in [0.4, 0.5) is 0 Å². The Kier molecular flexibility index (Phi) is 5.57. The molecule has 0 bridgehead atoms. The summed E-state index contributed by atoms with van der Waals surface area (Å²) in [5.74, 6) is 0. The third kappa shape index (κ3) is 4.02. The maximum absolute atomic E-state index is 12.3. The lowest BCUT2D eigenvalue weighted by molar-refractivity contribution is 0.187. The van der Waals surface area contributed by atoms with Crippen molar-refractivity contribution in [3.05, 3.63) is 17.0 Å². The first-order valence-electron chi connectivity index (χ1n) is 6.96. The molecule has 1 aliphatic heterocycles. The zero-order valence-electron chi connectivity index (χ0n) is 12.1. The number of nitrogens with zero attached hydrogens (tertiary/aromatic N) is 1. The van der Waals surface area contributed by atoms with Crippen molar-refractivity contribution in [1.29, 1.82) is 0 Å². The van der Waals surface area contributed by atoms with Crippen LogP contribution < -0.4 is 10.0 Å². The summed E-state index contributed by atoms with van der Waals surface area (Å²) < 4.78 is 27.7. The number of hydrogen-bond acceptors (Lipinski definition) is 5. The fourth-order valence-corrected chi connectivity index (χ4v) is 4.94. The van der Waals surface area contributed by atoms with Gasteiger partial charge in [-0.05, 0) is 45.6 Å². The molecule has 1 atom stereocenters. The minimum Gasteiger partial charge on any atom is -0.315 e. The smallest absolute Gasteiger partial charge is 0.250 e. The fraction of sp³-hybridized carbons (Fsp3) is 0.692. The Balaban J connectivity index is 1.95. The zero-order chi connectivity index (χ0) is 14.6. The average Bonchev–Trinajstić information content (AvgIpc) is 2.88. The van der Waals surface area contributed by atoms with Gasteiger partial charge in [-0.15, -0.1) is 11.3 Å². The van der Waals surface area contributed by atoms with Gasteiger partial charge in [-0.2, -0.15) is 0 Å². The predicted molar refractivity (Wildman–Crippen MR) is 82.5 cm³/mol. The van der Waals surface area contributed by atoms with Gasteiger partial charge in [0.1, 0.15) is 4.21 Å². The van der Waals surface area contributed by atoms with Crippen LogP contribution >= 0.6 is 11.3 Å². The van der Waals surface area contributed by atoms with Crippen LogP contribution in [0.25, 0.3) is 0 Å². The monoisotopic (exact) mass is 317 g/mol. The van der Waals surface area contributed by atoms with Gasteiger partial charge in [0.15, 0.2) is 0 Å². The van der Waals surface area contributed by atoms with Crippen molar-refractivity contribution in [3.63, 3.8) is 0 Å². The standard InChI is InChI=1S/C13H23N3O2S2/c1-14-10-12-6-7-13(19-12)20(17,18)15-9-11-5-3-4-8-16(11)2/h6-7,11,14-15H,3-5,8-10H2,1-2H3. The summed E-state index contributed by atoms with van der Waals surface area (Å²) in [5, 5.41) is 3.03. The third-order valence-corrected chi connectivity index (χ3v) is 6.68. The molecule has 0 radical (unpaired) electrons. The van der Waals surface area contributed by atoms with E-state index in [0.29, 0.717) is 23.3 Å². The minimum absolute atomic E-state index is 0.315. The molecular formula is C13H23N3O2S2. The highest BCUT2D eigenvalue weighted by Gasteiger charge is 2.22. The number of likely N-dealkylation sites (tertiary alicyclic amines) is 1. The summed E-state index contributed by atoms with van der Waals surface area (Å²) in [6, 6.07) is 3.86. The number of sulfonamides is 1. The Hall–Kier alpha value is -0.470. The van der Waals surface area contributed by atoms with Crippen LogP contribution in [-0.2, 0) is 16.6 Å². The van der Waals surface area contributed by atoms with Crippen LogP contribution in [0.1, 0.15) is 24.1 Å². The van der Waals surface area contributed by atoms with Gasteiger partial charge in [0.05, 0.1) is 0 Å². The second-order valence-electron chi connectivity index (χ2n) is 5.23. The highest BCUT2D eigenvalue weighted by Crippen LogP contribution is 2.22. The van der Waals surface area contributed by atoms with Crippen LogP contribution in [0.3, 0.4) is 0 Å². The van der Waals surface area contributed by atoms with Crippen molar-refractivity contribution >= 4 is 21.4 Å². The number of likely N-dealkylation sites (N-methyl/N-ethyl adjacent to an activating group) is 1. The molecule has 1 fully saturated rings. The van der Waals surface area contributed by atoms with Crippen LogP contribution in [0.15, 0.2) is 16.3 Å². The Morgan fingerprint density at radius 1 is 1.40 bits per heavy atom. The molecule has 20 heavy (non-hydrogen) atoms. The predicted octanol–water partition coefficient (Wildman–Crippen LogP) is 1.23. The summed E-state index contributed by atoms with van der Waals surface area (Å²) in [7, 11) is 0.550. The molecule has 2 N–H and O–H groups in total. The molecule has 1 unspecified atom stereocenters. The average molecular weight is 317 g/mol. The topological polar surface area (TPSA) is 61.4 Å². The molecule has 1 aromatic rings. The number of rotatable bonds is 6. The number of nitrogens with one attached hydrogen (secondary N) is 2. The second-order valence-corrected chi connectivity index (χ2v) is 8.40. The first-order valence-corrected chi connectivity index (χ1v) is 9.26. The van der Waals surface area contributed by atoms with Gasteiger partial charge < -0.3 is 10.2 Å². The van der Waals surface area contributed by atoms with Crippen molar-refractivity contribution < 1.29 is 8.42 Å². The highest BCUT2D eigenvalue weighted by molar-refractivity contribution is 7.91. The number of thiophene rings is 1. The van der Waals surface area contributed by atoms with E-state index >= 15 is 0 Å². The van der Waals surface area contributed by atoms with Gasteiger partial charge in [0.25, 0.3) is 0 Å². The molecule has 0 saturated carbocycles. The molecule has 0 aromatic carbocycles. The molecule has 5 nitrogen and oxygen atoms in total. The Morgan fingerprint density at radius 2 is 2.20 bits per heavy atom. The summed E-state index contributed by atoms with van der Waals surface area (Å²) in [6.07, 6.45) is 3.45. The fourth-order valence-electron chi connectivity index (χ4n) is 2.45. The maximum Gasteiger partial charge on any atom is 0.250 e. The van der Waals surface area contributed by atoms with E-state index in [-0.39, 0.29) is 0 Å². The molecule has 2 heterocycles. The lowest BCUT2D eigenvalue weighted by Gasteiger charge is -2.32. The number of piperidine rings is 1. The largest absolute Gasteiger partial charge is 0.315 e. The van der Waals surface area contributed by atoms with Crippen molar-refractivity contribution in [2.24, 2.45) is 0 Å². The summed E-state index contributed by atoms with van der Waals surface area (Å²) in [5.41, 5.74) is 0. The molecule has 2 rings (SSSR count). The van der Waals surface area contributed by atoms with Crippen molar-refractivity contribution in [2.75, 3.05) is 27.2 Å². The van der Waals surface area contributed by atoms with Crippen LogP contribution in [0.5, 0.6) is 0 Å². The summed E-state index contributed by atoms with van der Waals surface area (Å²) in [6.45, 7) is 2.25. The van der Waals surface area contributed by atoms with Crippen molar-refractivity contribution in [3.8, 4) is 0 Å². The summed E-state index contributed by atoms with van der Waals surface area (Å²) >= 11 is 1.33. The second kappa shape index (κ2) is 7.00. The molecular weight excluding hydrogens is 294 g/mol. The molecule has 1 aliphatic rings. The van der Waals surface area contributed by atoms with E-state index in [9.17, 15) is 8.42 Å². The van der Waals surface area contributed by atoms with E-state index in [4.69, 9.17) is 0 Å². The molecule has 1 saturated heterocycles. The molecule has 0 spiro atoms. The Morgan fingerprint density at radius 3 is 2.90 bits per heavy atom. The first-order chi connectivity index (χ1) is 9.53. The minimum atomic E-state index is -3.37. The lowest BCUT2D eigenvalue weighted by Crippen LogP contribution is -2.44. The van der Waals surface area contributed by atoms with Gasteiger partial charge in [0.2, 0.25) is 10.0 Å². The van der Waals surface area contributed by atoms with Gasteiger partial charge in [-0.1, -0.05) is 6.42 Å². The van der Waals surface area contributed by atoms with Crippen LogP contribution in [0.2, 0.25) is 0 Å². The lowest BCUT2D eigenvalue weighted by atomic mass is 10.0. The highest BCUT2D eigenvalue weighted by atomic mass is 32.2. The Labute approximate surface area is 125 Å². The van der Waals surface area contributed by atoms with E-state index < -0.39 is 10.0 Å². The first kappa shape index (κ1) is 15.9.